The molecule has 0 aliphatic rings. The molecular weight excluding hydrogens is 333 g/mol. The lowest BCUT2D eigenvalue weighted by Gasteiger charge is -2.07. The molecule has 1 heterocycles. The van der Waals surface area contributed by atoms with Crippen LogP contribution in [0.15, 0.2) is 42.6 Å². The van der Waals surface area contributed by atoms with E-state index in [0.29, 0.717) is 16.4 Å². The van der Waals surface area contributed by atoms with Gasteiger partial charge >= 0.3 is 0 Å². The first-order valence-electron chi connectivity index (χ1n) is 6.99. The van der Waals surface area contributed by atoms with Crippen molar-refractivity contribution < 1.29 is 9.18 Å². The van der Waals surface area contributed by atoms with Crippen molar-refractivity contribution in [2.45, 2.75) is 6.92 Å². The maximum atomic E-state index is 13.2. The summed E-state index contributed by atoms with van der Waals surface area (Å²) in [5, 5.41) is 10.9. The molecule has 2 aromatic carbocycles. The lowest BCUT2D eigenvalue weighted by atomic mass is 10.2. The molecule has 122 valence electrons. The lowest BCUT2D eigenvalue weighted by molar-refractivity contribution is 0.102. The minimum absolute atomic E-state index is 0.0106. The number of halogens is 2. The summed E-state index contributed by atoms with van der Waals surface area (Å²) in [6.45, 7) is 1.85. The first kappa shape index (κ1) is 15.9. The zero-order valence-electron chi connectivity index (χ0n) is 12.6. The van der Waals surface area contributed by atoms with E-state index in [-0.39, 0.29) is 11.4 Å². The van der Waals surface area contributed by atoms with Crippen molar-refractivity contribution in [1.29, 1.82) is 0 Å². The molecular formula is C16H13ClFN5O. The summed E-state index contributed by atoms with van der Waals surface area (Å²) in [5.41, 5.74) is 7.58. The fraction of sp³-hybridized carbons (Fsp3) is 0.0625. The molecule has 3 N–H and O–H groups in total. The average molecular weight is 346 g/mol. The quantitative estimate of drug-likeness (QED) is 0.714. The molecule has 0 aliphatic heterocycles. The Morgan fingerprint density at radius 2 is 2.08 bits per heavy atom. The van der Waals surface area contributed by atoms with Gasteiger partial charge in [-0.15, -0.1) is 5.10 Å². The van der Waals surface area contributed by atoms with E-state index in [2.05, 4.69) is 15.6 Å². The molecule has 1 aromatic heterocycles. The number of carbonyl (C=O) groups excluding carboxylic acids is 1. The molecule has 3 aromatic rings. The largest absolute Gasteiger partial charge is 0.396 e. The van der Waals surface area contributed by atoms with E-state index in [9.17, 15) is 9.18 Å². The molecule has 24 heavy (non-hydrogen) atoms. The Morgan fingerprint density at radius 3 is 2.83 bits per heavy atom. The summed E-state index contributed by atoms with van der Waals surface area (Å²) < 4.78 is 14.6. The van der Waals surface area contributed by atoms with Crippen molar-refractivity contribution in [1.82, 2.24) is 15.0 Å². The standard InChI is InChI=1S/C16H13ClFN5O/c1-9-2-3-10(17)6-14(9)20-16(24)15-8-23(22-21-15)11-4-5-12(18)13(19)7-11/h2-8H,19H2,1H3,(H,20,24). The van der Waals surface area contributed by atoms with Gasteiger partial charge in [0.2, 0.25) is 0 Å². The van der Waals surface area contributed by atoms with Crippen LogP contribution in [0.3, 0.4) is 0 Å². The number of amides is 1. The Kier molecular flexibility index (Phi) is 4.18. The van der Waals surface area contributed by atoms with Crippen LogP contribution in [-0.4, -0.2) is 20.9 Å². The first-order valence-corrected chi connectivity index (χ1v) is 7.37. The Bertz CT molecular complexity index is 925. The molecule has 0 spiro atoms. The van der Waals surface area contributed by atoms with Gasteiger partial charge in [0.15, 0.2) is 5.69 Å². The normalized spacial score (nSPS) is 10.6. The number of hydrogen-bond donors (Lipinski definition) is 2. The van der Waals surface area contributed by atoms with E-state index in [4.69, 9.17) is 17.3 Å². The maximum absolute atomic E-state index is 13.2. The highest BCUT2D eigenvalue weighted by molar-refractivity contribution is 6.31. The number of anilines is 2. The van der Waals surface area contributed by atoms with Crippen molar-refractivity contribution in [2.75, 3.05) is 11.1 Å². The second-order valence-corrected chi connectivity index (χ2v) is 5.60. The van der Waals surface area contributed by atoms with Crippen LogP contribution in [0.1, 0.15) is 16.1 Å². The molecule has 0 unspecified atom stereocenters. The molecule has 0 fully saturated rings. The van der Waals surface area contributed by atoms with Crippen LogP contribution < -0.4 is 11.1 Å². The predicted molar refractivity (Wildman–Crippen MR) is 89.9 cm³/mol. The van der Waals surface area contributed by atoms with E-state index in [1.54, 1.807) is 18.2 Å². The number of hydrogen-bond acceptors (Lipinski definition) is 4. The van der Waals surface area contributed by atoms with E-state index in [1.807, 2.05) is 6.92 Å². The summed E-state index contributed by atoms with van der Waals surface area (Å²) in [6.07, 6.45) is 1.43. The van der Waals surface area contributed by atoms with Crippen molar-refractivity contribution in [2.24, 2.45) is 0 Å². The second kappa shape index (κ2) is 6.29. The van der Waals surface area contributed by atoms with Gasteiger partial charge in [-0.05, 0) is 42.8 Å². The minimum atomic E-state index is -0.520. The molecule has 6 nitrogen and oxygen atoms in total. The average Bonchev–Trinajstić information content (AvgIpc) is 3.03. The van der Waals surface area contributed by atoms with Gasteiger partial charge in [-0.1, -0.05) is 22.9 Å². The Balaban J connectivity index is 1.83. The minimum Gasteiger partial charge on any atom is -0.396 e. The Labute approximate surface area is 142 Å². The fourth-order valence-corrected chi connectivity index (χ4v) is 2.26. The summed E-state index contributed by atoms with van der Waals surface area (Å²) in [5.74, 6) is -0.949. The zero-order chi connectivity index (χ0) is 17.3. The van der Waals surface area contributed by atoms with Crippen molar-refractivity contribution >= 4 is 28.9 Å². The SMILES string of the molecule is Cc1ccc(Cl)cc1NC(=O)c1cn(-c2ccc(F)c(N)c2)nn1. The number of nitrogens with two attached hydrogens (primary N) is 1. The van der Waals surface area contributed by atoms with Gasteiger partial charge in [0.1, 0.15) is 5.82 Å². The molecule has 0 atom stereocenters. The molecule has 0 bridgehead atoms. The third kappa shape index (κ3) is 3.21. The maximum Gasteiger partial charge on any atom is 0.277 e. The van der Waals surface area contributed by atoms with E-state index >= 15 is 0 Å². The van der Waals surface area contributed by atoms with Crippen LogP contribution >= 0.6 is 11.6 Å². The number of benzene rings is 2. The molecule has 0 aliphatic carbocycles. The summed E-state index contributed by atoms with van der Waals surface area (Å²) >= 11 is 5.93. The second-order valence-electron chi connectivity index (χ2n) is 5.17. The summed E-state index contributed by atoms with van der Waals surface area (Å²) in [4.78, 5) is 12.3. The highest BCUT2D eigenvalue weighted by atomic mass is 35.5. The monoisotopic (exact) mass is 345 g/mol. The molecule has 0 radical (unpaired) electrons. The van der Waals surface area contributed by atoms with Crippen molar-refractivity contribution in [3.05, 3.63) is 64.7 Å². The van der Waals surface area contributed by atoms with Crippen molar-refractivity contribution in [3.8, 4) is 5.69 Å². The number of nitrogens with one attached hydrogen (secondary N) is 1. The van der Waals surface area contributed by atoms with Crippen LogP contribution in [0.25, 0.3) is 5.69 Å². The molecule has 1 amide bonds. The molecule has 3 rings (SSSR count). The van der Waals surface area contributed by atoms with E-state index in [0.717, 1.165) is 5.56 Å². The molecule has 0 saturated carbocycles. The third-order valence-corrected chi connectivity index (χ3v) is 3.65. The number of carbonyl (C=O) groups is 1. The summed E-state index contributed by atoms with van der Waals surface area (Å²) in [7, 11) is 0. The van der Waals surface area contributed by atoms with Gasteiger partial charge in [0.25, 0.3) is 5.91 Å². The summed E-state index contributed by atoms with van der Waals surface area (Å²) in [6, 6.07) is 9.31. The highest BCUT2D eigenvalue weighted by Crippen LogP contribution is 2.21. The van der Waals surface area contributed by atoms with E-state index < -0.39 is 11.7 Å². The Morgan fingerprint density at radius 1 is 1.29 bits per heavy atom. The number of aromatic nitrogens is 3. The van der Waals surface area contributed by atoms with E-state index in [1.165, 1.54) is 29.1 Å². The van der Waals surface area contributed by atoms with Crippen LogP contribution in [0.5, 0.6) is 0 Å². The Hall–Kier alpha value is -2.93. The van der Waals surface area contributed by atoms with Crippen molar-refractivity contribution in [3.63, 3.8) is 0 Å². The topological polar surface area (TPSA) is 85.8 Å². The van der Waals surface area contributed by atoms with Crippen LogP contribution in [0.4, 0.5) is 15.8 Å². The van der Waals surface area contributed by atoms with Crippen LogP contribution in [0.2, 0.25) is 5.02 Å². The number of nitrogens with zero attached hydrogens (tertiary/aromatic N) is 3. The zero-order valence-corrected chi connectivity index (χ0v) is 13.4. The molecule has 8 heteroatoms. The smallest absolute Gasteiger partial charge is 0.277 e. The van der Waals surface area contributed by atoms with Gasteiger partial charge in [-0.3, -0.25) is 4.79 Å². The predicted octanol–water partition coefficient (Wildman–Crippen LogP) is 3.20. The van der Waals surface area contributed by atoms with Gasteiger partial charge in [-0.25, -0.2) is 9.07 Å². The van der Waals surface area contributed by atoms with Crippen LogP contribution in [0, 0.1) is 12.7 Å². The number of rotatable bonds is 3. The van der Waals surface area contributed by atoms with Gasteiger partial charge in [0.05, 0.1) is 17.6 Å². The fourth-order valence-electron chi connectivity index (χ4n) is 2.08. The third-order valence-electron chi connectivity index (χ3n) is 3.42. The first-order chi connectivity index (χ1) is 11.4. The van der Waals surface area contributed by atoms with Crippen LogP contribution in [-0.2, 0) is 0 Å². The van der Waals surface area contributed by atoms with Gasteiger partial charge in [-0.2, -0.15) is 0 Å². The van der Waals surface area contributed by atoms with Gasteiger partial charge in [0, 0.05) is 10.7 Å². The number of aryl methyl sites for hydroxylation is 1. The number of nitrogen functional groups attached to an aromatic ring is 1. The molecule has 0 saturated heterocycles. The highest BCUT2D eigenvalue weighted by Gasteiger charge is 2.13. The lowest BCUT2D eigenvalue weighted by Crippen LogP contribution is -2.13. The van der Waals surface area contributed by atoms with Gasteiger partial charge < -0.3 is 11.1 Å².